The van der Waals surface area contributed by atoms with Crippen molar-refractivity contribution >= 4 is 17.9 Å². The molecule has 68 heavy (non-hydrogen) atoms. The van der Waals surface area contributed by atoms with Crippen LogP contribution in [0.5, 0.6) is 0 Å². The van der Waals surface area contributed by atoms with Gasteiger partial charge in [-0.2, -0.15) is 0 Å². The molecule has 0 fully saturated rings. The van der Waals surface area contributed by atoms with Crippen LogP contribution < -0.4 is 0 Å². The molecular formula is C62H110O6. The number of allylic oxidation sites excluding steroid dienone is 10. The Hall–Kier alpha value is -2.89. The van der Waals surface area contributed by atoms with Crippen molar-refractivity contribution in [3.63, 3.8) is 0 Å². The first-order valence-corrected chi connectivity index (χ1v) is 29.3. The first-order chi connectivity index (χ1) is 33.5. The van der Waals surface area contributed by atoms with Gasteiger partial charge in [0.1, 0.15) is 13.2 Å². The highest BCUT2D eigenvalue weighted by atomic mass is 16.6. The fourth-order valence-electron chi connectivity index (χ4n) is 8.41. The second-order valence-electron chi connectivity index (χ2n) is 19.5. The molecular weight excluding hydrogens is 841 g/mol. The molecule has 0 heterocycles. The lowest BCUT2D eigenvalue weighted by molar-refractivity contribution is -0.167. The van der Waals surface area contributed by atoms with E-state index < -0.39 is 6.10 Å². The van der Waals surface area contributed by atoms with E-state index in [9.17, 15) is 14.4 Å². The topological polar surface area (TPSA) is 78.9 Å². The number of rotatable bonds is 53. The van der Waals surface area contributed by atoms with Crippen LogP contribution in [0.2, 0.25) is 0 Å². The second kappa shape index (κ2) is 56.7. The van der Waals surface area contributed by atoms with E-state index in [0.29, 0.717) is 19.3 Å². The van der Waals surface area contributed by atoms with Crippen LogP contribution in [0.15, 0.2) is 60.8 Å². The Labute approximate surface area is 421 Å². The van der Waals surface area contributed by atoms with E-state index in [0.717, 1.165) is 103 Å². The van der Waals surface area contributed by atoms with Gasteiger partial charge in [-0.1, -0.05) is 274 Å². The molecule has 0 aliphatic carbocycles. The first-order valence-electron chi connectivity index (χ1n) is 29.3. The average molecular weight is 952 g/mol. The van der Waals surface area contributed by atoms with Crippen LogP contribution in [0.3, 0.4) is 0 Å². The van der Waals surface area contributed by atoms with Crippen molar-refractivity contribution in [3.05, 3.63) is 60.8 Å². The molecule has 0 aliphatic rings. The third-order valence-corrected chi connectivity index (χ3v) is 12.8. The summed E-state index contributed by atoms with van der Waals surface area (Å²) in [5.41, 5.74) is 0. The number of hydrogen-bond donors (Lipinski definition) is 0. The monoisotopic (exact) mass is 951 g/mol. The Kier molecular flexibility index (Phi) is 54.3. The molecule has 0 aromatic heterocycles. The van der Waals surface area contributed by atoms with Crippen LogP contribution in [-0.2, 0) is 28.6 Å². The molecule has 0 spiro atoms. The molecule has 6 heteroatoms. The Bertz CT molecular complexity index is 1230. The minimum atomic E-state index is -0.786. The van der Waals surface area contributed by atoms with Crippen LogP contribution >= 0.6 is 0 Å². The van der Waals surface area contributed by atoms with Gasteiger partial charge in [0.2, 0.25) is 0 Å². The Morgan fingerprint density at radius 2 is 0.574 bits per heavy atom. The largest absolute Gasteiger partial charge is 0.462 e. The number of esters is 3. The number of carbonyl (C=O) groups excluding carboxylic acids is 3. The minimum absolute atomic E-state index is 0.0854. The summed E-state index contributed by atoms with van der Waals surface area (Å²) in [7, 11) is 0. The molecule has 0 aromatic rings. The van der Waals surface area contributed by atoms with E-state index in [2.05, 4.69) is 81.5 Å². The highest BCUT2D eigenvalue weighted by molar-refractivity contribution is 5.71. The average Bonchev–Trinajstić information content (AvgIpc) is 3.34. The van der Waals surface area contributed by atoms with E-state index in [1.165, 1.54) is 154 Å². The van der Waals surface area contributed by atoms with Crippen LogP contribution in [0.25, 0.3) is 0 Å². The van der Waals surface area contributed by atoms with E-state index >= 15 is 0 Å². The standard InChI is InChI=1S/C62H110O6/c1-4-7-10-13-15-17-19-21-23-25-27-28-29-30-31-32-33-35-36-38-40-42-44-46-49-52-55-61(64)67-58-59(57-66-60(63)54-51-48-12-9-6-3)68-62(65)56-53-50-47-45-43-41-39-37-34-26-24-22-20-18-16-14-11-8-5-2/h8,11,16,18,22,24,34,37,41,43,59H,4-7,9-10,12-15,17,19-21,23,25-33,35-36,38-40,42,44-58H2,1-3H3/b11-8-,18-16-,24-22-,37-34-,43-41-. The van der Waals surface area contributed by atoms with Gasteiger partial charge in [-0.05, 0) is 64.2 Å². The number of unbranched alkanes of at least 4 members (excludes halogenated alkanes) is 32. The molecule has 6 nitrogen and oxygen atoms in total. The predicted octanol–water partition coefficient (Wildman–Crippen LogP) is 19.6. The van der Waals surface area contributed by atoms with Crippen molar-refractivity contribution in [1.29, 1.82) is 0 Å². The normalized spacial score (nSPS) is 12.5. The lowest BCUT2D eigenvalue weighted by atomic mass is 10.0. The zero-order chi connectivity index (χ0) is 49.3. The molecule has 1 unspecified atom stereocenters. The summed E-state index contributed by atoms with van der Waals surface area (Å²) in [6.07, 6.45) is 71.3. The fourth-order valence-corrected chi connectivity index (χ4v) is 8.41. The lowest BCUT2D eigenvalue weighted by Crippen LogP contribution is -2.30. The van der Waals surface area contributed by atoms with Crippen molar-refractivity contribution in [2.75, 3.05) is 13.2 Å². The zero-order valence-corrected chi connectivity index (χ0v) is 45.1. The van der Waals surface area contributed by atoms with Crippen LogP contribution in [-0.4, -0.2) is 37.2 Å². The lowest BCUT2D eigenvalue weighted by Gasteiger charge is -2.18. The predicted molar refractivity (Wildman–Crippen MR) is 293 cm³/mol. The maximum Gasteiger partial charge on any atom is 0.306 e. The quantitative estimate of drug-likeness (QED) is 0.0262. The minimum Gasteiger partial charge on any atom is -0.462 e. The fraction of sp³-hybridized carbons (Fsp3) is 0.790. The van der Waals surface area contributed by atoms with Gasteiger partial charge < -0.3 is 14.2 Å². The molecule has 0 aromatic carbocycles. The molecule has 0 saturated carbocycles. The molecule has 0 aliphatic heterocycles. The van der Waals surface area contributed by atoms with Gasteiger partial charge >= 0.3 is 17.9 Å². The molecule has 0 saturated heterocycles. The molecule has 0 amide bonds. The van der Waals surface area contributed by atoms with E-state index in [1.54, 1.807) is 0 Å². The van der Waals surface area contributed by atoms with Crippen molar-refractivity contribution in [1.82, 2.24) is 0 Å². The first kappa shape index (κ1) is 65.1. The smallest absolute Gasteiger partial charge is 0.306 e. The van der Waals surface area contributed by atoms with Gasteiger partial charge in [0.05, 0.1) is 0 Å². The van der Waals surface area contributed by atoms with Crippen molar-refractivity contribution in [3.8, 4) is 0 Å². The number of carbonyl (C=O) groups is 3. The number of ether oxygens (including phenoxy) is 3. The maximum absolute atomic E-state index is 12.8. The molecule has 0 bridgehead atoms. The number of hydrogen-bond acceptors (Lipinski definition) is 6. The molecule has 0 N–H and O–H groups in total. The van der Waals surface area contributed by atoms with Crippen LogP contribution in [0.4, 0.5) is 0 Å². The van der Waals surface area contributed by atoms with Crippen molar-refractivity contribution in [2.24, 2.45) is 0 Å². The Morgan fingerprint density at radius 3 is 0.897 bits per heavy atom. The third kappa shape index (κ3) is 54.1. The summed E-state index contributed by atoms with van der Waals surface area (Å²) < 4.78 is 16.7. The molecule has 0 rings (SSSR count). The highest BCUT2D eigenvalue weighted by Crippen LogP contribution is 2.17. The summed E-state index contributed by atoms with van der Waals surface area (Å²) >= 11 is 0. The highest BCUT2D eigenvalue weighted by Gasteiger charge is 2.19. The zero-order valence-electron chi connectivity index (χ0n) is 45.1. The third-order valence-electron chi connectivity index (χ3n) is 12.8. The van der Waals surface area contributed by atoms with Gasteiger partial charge in [0.25, 0.3) is 0 Å². The summed E-state index contributed by atoms with van der Waals surface area (Å²) in [4.78, 5) is 37.8. The van der Waals surface area contributed by atoms with Gasteiger partial charge in [-0.25, -0.2) is 0 Å². The van der Waals surface area contributed by atoms with E-state index in [-0.39, 0.29) is 31.1 Å². The second-order valence-corrected chi connectivity index (χ2v) is 19.5. The van der Waals surface area contributed by atoms with Crippen molar-refractivity contribution in [2.45, 2.75) is 303 Å². The summed E-state index contributed by atoms with van der Waals surface area (Å²) in [5.74, 6) is -0.922. The van der Waals surface area contributed by atoms with E-state index in [1.807, 2.05) is 0 Å². The SMILES string of the molecule is CC/C=C\C/C=C\C/C=C\C/C=C\C/C=C\CCCCCC(=O)OC(COC(=O)CCCCCCC)COC(=O)CCCCCCCCCCCCCCCCCCCCCCCCCCCC. The Morgan fingerprint density at radius 1 is 0.309 bits per heavy atom. The van der Waals surface area contributed by atoms with Crippen LogP contribution in [0.1, 0.15) is 297 Å². The molecule has 394 valence electrons. The molecule has 1 atom stereocenters. The Balaban J connectivity index is 4.07. The van der Waals surface area contributed by atoms with Gasteiger partial charge in [0.15, 0.2) is 6.10 Å². The van der Waals surface area contributed by atoms with Crippen LogP contribution in [0, 0.1) is 0 Å². The van der Waals surface area contributed by atoms with Gasteiger partial charge in [0, 0.05) is 19.3 Å². The molecule has 0 radical (unpaired) electrons. The van der Waals surface area contributed by atoms with Crippen molar-refractivity contribution < 1.29 is 28.6 Å². The summed E-state index contributed by atoms with van der Waals surface area (Å²) in [5, 5.41) is 0. The summed E-state index contributed by atoms with van der Waals surface area (Å²) in [6.45, 7) is 6.44. The van der Waals surface area contributed by atoms with Gasteiger partial charge in [-0.15, -0.1) is 0 Å². The maximum atomic E-state index is 12.8. The van der Waals surface area contributed by atoms with E-state index in [4.69, 9.17) is 14.2 Å². The summed E-state index contributed by atoms with van der Waals surface area (Å²) in [6, 6.07) is 0. The van der Waals surface area contributed by atoms with Gasteiger partial charge in [-0.3, -0.25) is 14.4 Å².